The minimum atomic E-state index is -0.0393. The molecule has 106 valence electrons. The van der Waals surface area contributed by atoms with E-state index in [9.17, 15) is 5.11 Å². The zero-order chi connectivity index (χ0) is 14.0. The topological polar surface area (TPSA) is 32.7 Å². The van der Waals surface area contributed by atoms with E-state index < -0.39 is 0 Å². The molecule has 0 aliphatic carbocycles. The molecule has 0 radical (unpaired) electrons. The van der Waals surface area contributed by atoms with Crippen LogP contribution < -0.4 is 0 Å². The molecule has 1 aromatic carbocycles. The van der Waals surface area contributed by atoms with E-state index in [1.165, 1.54) is 22.3 Å². The Morgan fingerprint density at radius 2 is 1.79 bits per heavy atom. The van der Waals surface area contributed by atoms with E-state index in [1.54, 1.807) is 0 Å². The van der Waals surface area contributed by atoms with Gasteiger partial charge in [0.05, 0.1) is 25.2 Å². The summed E-state index contributed by atoms with van der Waals surface area (Å²) in [6.07, 6.45) is 0. The minimum absolute atomic E-state index is 0.0393. The van der Waals surface area contributed by atoms with Crippen LogP contribution in [0.1, 0.15) is 22.3 Å². The molecular formula is C16H25NO2. The lowest BCUT2D eigenvalue weighted by atomic mass is 9.86. The fourth-order valence-electron chi connectivity index (χ4n) is 2.73. The molecule has 0 aromatic heterocycles. The van der Waals surface area contributed by atoms with Gasteiger partial charge < -0.3 is 14.7 Å². The Kier molecular flexibility index (Phi) is 4.29. The van der Waals surface area contributed by atoms with Gasteiger partial charge in [0.25, 0.3) is 0 Å². The Labute approximate surface area is 116 Å². The normalized spacial score (nSPS) is 17.6. The van der Waals surface area contributed by atoms with E-state index in [0.717, 1.165) is 13.1 Å². The summed E-state index contributed by atoms with van der Waals surface area (Å²) in [5.41, 5.74) is 5.38. The monoisotopic (exact) mass is 263 g/mol. The van der Waals surface area contributed by atoms with Crippen molar-refractivity contribution in [3.8, 4) is 0 Å². The average Bonchev–Trinajstić information content (AvgIpc) is 2.31. The molecule has 3 heteroatoms. The molecule has 3 nitrogen and oxygen atoms in total. The molecule has 1 aromatic rings. The standard InChI is InChI=1S/C16H25NO2/c1-12-5-14(3)15(6-13(12)2)7-17(4)8-16(9-18)10-19-11-16/h5-6,18H,7-11H2,1-4H3. The van der Waals surface area contributed by atoms with Crippen molar-refractivity contribution in [2.75, 3.05) is 33.4 Å². The third kappa shape index (κ3) is 3.16. The molecule has 0 unspecified atom stereocenters. The molecule has 2 rings (SSSR count). The number of aliphatic hydroxyl groups is 1. The third-order valence-electron chi connectivity index (χ3n) is 4.15. The van der Waals surface area contributed by atoms with Crippen molar-refractivity contribution in [1.82, 2.24) is 4.90 Å². The van der Waals surface area contributed by atoms with Crippen LogP contribution in [-0.2, 0) is 11.3 Å². The third-order valence-corrected chi connectivity index (χ3v) is 4.15. The lowest BCUT2D eigenvalue weighted by Crippen LogP contribution is -2.52. The zero-order valence-corrected chi connectivity index (χ0v) is 12.5. The van der Waals surface area contributed by atoms with Crippen LogP contribution >= 0.6 is 0 Å². The molecule has 1 saturated heterocycles. The average molecular weight is 263 g/mol. The first-order valence-corrected chi connectivity index (χ1v) is 6.90. The molecule has 1 fully saturated rings. The SMILES string of the molecule is Cc1cc(C)c(CN(C)CC2(CO)COC2)cc1C. The van der Waals surface area contributed by atoms with Gasteiger partial charge in [-0.25, -0.2) is 0 Å². The minimum Gasteiger partial charge on any atom is -0.396 e. The number of rotatable bonds is 5. The summed E-state index contributed by atoms with van der Waals surface area (Å²) in [6, 6.07) is 4.54. The lowest BCUT2D eigenvalue weighted by molar-refractivity contribution is -0.147. The fourth-order valence-corrected chi connectivity index (χ4v) is 2.73. The number of nitrogens with zero attached hydrogens (tertiary/aromatic N) is 1. The number of aliphatic hydroxyl groups excluding tert-OH is 1. The van der Waals surface area contributed by atoms with E-state index >= 15 is 0 Å². The van der Waals surface area contributed by atoms with Crippen molar-refractivity contribution >= 4 is 0 Å². The van der Waals surface area contributed by atoms with Gasteiger partial charge in [-0.1, -0.05) is 12.1 Å². The highest BCUT2D eigenvalue weighted by Crippen LogP contribution is 2.28. The Balaban J connectivity index is 2.02. The second-order valence-electron chi connectivity index (χ2n) is 6.19. The maximum Gasteiger partial charge on any atom is 0.0579 e. The van der Waals surface area contributed by atoms with Crippen LogP contribution in [0.3, 0.4) is 0 Å². The number of aryl methyl sites for hydroxylation is 3. The van der Waals surface area contributed by atoms with Gasteiger partial charge in [-0.2, -0.15) is 0 Å². The Hall–Kier alpha value is -0.900. The Morgan fingerprint density at radius 3 is 2.32 bits per heavy atom. The van der Waals surface area contributed by atoms with Crippen LogP contribution in [-0.4, -0.2) is 43.4 Å². The molecule has 1 heterocycles. The van der Waals surface area contributed by atoms with Crippen LogP contribution in [0.25, 0.3) is 0 Å². The molecule has 0 amide bonds. The number of ether oxygens (including phenoxy) is 1. The number of hydrogen-bond donors (Lipinski definition) is 1. The first-order valence-electron chi connectivity index (χ1n) is 6.90. The summed E-state index contributed by atoms with van der Waals surface area (Å²) in [7, 11) is 2.12. The molecule has 19 heavy (non-hydrogen) atoms. The molecule has 0 spiro atoms. The highest BCUT2D eigenvalue weighted by molar-refractivity contribution is 5.36. The summed E-state index contributed by atoms with van der Waals surface area (Å²) in [5, 5.41) is 9.48. The van der Waals surface area contributed by atoms with Crippen LogP contribution in [0.2, 0.25) is 0 Å². The van der Waals surface area contributed by atoms with E-state index in [2.05, 4.69) is 44.9 Å². The fraction of sp³-hybridized carbons (Fsp3) is 0.625. The van der Waals surface area contributed by atoms with Crippen LogP contribution in [0, 0.1) is 26.2 Å². The molecule has 0 saturated carbocycles. The van der Waals surface area contributed by atoms with Gasteiger partial charge in [-0.15, -0.1) is 0 Å². The quantitative estimate of drug-likeness (QED) is 0.882. The van der Waals surface area contributed by atoms with Gasteiger partial charge in [0, 0.05) is 13.1 Å². The van der Waals surface area contributed by atoms with Gasteiger partial charge in [0.2, 0.25) is 0 Å². The molecule has 0 atom stereocenters. The van der Waals surface area contributed by atoms with E-state index in [-0.39, 0.29) is 12.0 Å². The van der Waals surface area contributed by atoms with E-state index in [0.29, 0.717) is 13.2 Å². The summed E-state index contributed by atoms with van der Waals surface area (Å²) >= 11 is 0. The largest absolute Gasteiger partial charge is 0.396 e. The van der Waals surface area contributed by atoms with Crippen molar-refractivity contribution < 1.29 is 9.84 Å². The van der Waals surface area contributed by atoms with Gasteiger partial charge in [0.15, 0.2) is 0 Å². The molecule has 0 bridgehead atoms. The van der Waals surface area contributed by atoms with Crippen LogP contribution in [0.4, 0.5) is 0 Å². The highest BCUT2D eigenvalue weighted by atomic mass is 16.5. The van der Waals surface area contributed by atoms with Crippen molar-refractivity contribution in [3.63, 3.8) is 0 Å². The Bertz CT molecular complexity index is 447. The molecule has 1 aliphatic rings. The predicted molar refractivity (Wildman–Crippen MR) is 77.3 cm³/mol. The van der Waals surface area contributed by atoms with E-state index in [1.807, 2.05) is 0 Å². The molecule has 1 N–H and O–H groups in total. The van der Waals surface area contributed by atoms with Gasteiger partial charge in [0.1, 0.15) is 0 Å². The summed E-state index contributed by atoms with van der Waals surface area (Å²) in [4.78, 5) is 2.29. The number of hydrogen-bond acceptors (Lipinski definition) is 3. The van der Waals surface area contributed by atoms with Gasteiger partial charge in [-0.05, 0) is 50.1 Å². The molecule has 1 aliphatic heterocycles. The van der Waals surface area contributed by atoms with Crippen molar-refractivity contribution in [2.45, 2.75) is 27.3 Å². The smallest absolute Gasteiger partial charge is 0.0579 e. The van der Waals surface area contributed by atoms with E-state index in [4.69, 9.17) is 4.74 Å². The molecular weight excluding hydrogens is 238 g/mol. The summed E-state index contributed by atoms with van der Waals surface area (Å²) < 4.78 is 5.25. The van der Waals surface area contributed by atoms with Crippen molar-refractivity contribution in [2.24, 2.45) is 5.41 Å². The number of benzene rings is 1. The van der Waals surface area contributed by atoms with Crippen molar-refractivity contribution in [1.29, 1.82) is 0 Å². The lowest BCUT2D eigenvalue weighted by Gasteiger charge is -2.42. The zero-order valence-electron chi connectivity index (χ0n) is 12.5. The van der Waals surface area contributed by atoms with Crippen LogP contribution in [0.15, 0.2) is 12.1 Å². The second-order valence-corrected chi connectivity index (χ2v) is 6.19. The van der Waals surface area contributed by atoms with Crippen molar-refractivity contribution in [3.05, 3.63) is 34.4 Å². The second kappa shape index (κ2) is 5.61. The van der Waals surface area contributed by atoms with Gasteiger partial charge >= 0.3 is 0 Å². The van der Waals surface area contributed by atoms with Gasteiger partial charge in [-0.3, -0.25) is 0 Å². The summed E-state index contributed by atoms with van der Waals surface area (Å²) in [5.74, 6) is 0. The maximum absolute atomic E-state index is 9.48. The Morgan fingerprint density at radius 1 is 1.16 bits per heavy atom. The predicted octanol–water partition coefficient (Wildman–Crippen LogP) is 2.05. The highest BCUT2D eigenvalue weighted by Gasteiger charge is 2.38. The summed E-state index contributed by atoms with van der Waals surface area (Å²) in [6.45, 7) is 9.87. The first-order chi connectivity index (χ1) is 8.96. The maximum atomic E-state index is 9.48. The first kappa shape index (κ1) is 14.5. The van der Waals surface area contributed by atoms with Crippen LogP contribution in [0.5, 0.6) is 0 Å².